The molecule has 1 heterocycles. The Balaban J connectivity index is 2.45. The van der Waals surface area contributed by atoms with E-state index in [4.69, 9.17) is 10.2 Å². The van der Waals surface area contributed by atoms with E-state index in [-0.39, 0.29) is 30.5 Å². The third-order valence-electron chi connectivity index (χ3n) is 5.96. The Hall–Kier alpha value is -4.66. The van der Waals surface area contributed by atoms with Crippen LogP contribution >= 0.6 is 0 Å². The number of aliphatic carboxylic acids is 2. The molecule has 5 N–H and O–H groups in total. The number of carboxylic acid groups (broad SMARTS) is 2. The Bertz CT molecular complexity index is 1190. The fourth-order valence-corrected chi connectivity index (χ4v) is 4.16. The average molecular weight is 563 g/mol. The molecule has 2 rings (SSSR count). The molecule has 15 heteroatoms. The quantitative estimate of drug-likeness (QED) is 0.163. The lowest BCUT2D eigenvalue weighted by Crippen LogP contribution is -2.56. The van der Waals surface area contributed by atoms with Crippen LogP contribution in [0.25, 0.3) is 0 Å². The first-order valence-electron chi connectivity index (χ1n) is 12.2. The third-order valence-corrected chi connectivity index (χ3v) is 5.96. The van der Waals surface area contributed by atoms with Crippen LogP contribution in [0.2, 0.25) is 0 Å². The second-order valence-corrected chi connectivity index (χ2v) is 9.08. The standard InChI is InChI=1S/C25H30N4O11/c1-14(32)8-15(6-7-22(35)36)24(39)27-17-10-28(21(34)13-31)18-4-2-3-5-19(18)29(25(17)40)11-20(33)26-16(12-30)9-23(37)38/h2-5,12,15-17,31H,6-11,13H2,1H3,(H,26,33)(H,27,39)(H,35,36)(H,37,38)/t15-,16+,17+/m1/s1. The molecule has 0 fully saturated rings. The number of rotatable bonds is 14. The lowest BCUT2D eigenvalue weighted by atomic mass is 9.96. The number of carbonyl (C=O) groups is 8. The molecule has 0 spiro atoms. The third kappa shape index (κ3) is 8.69. The number of aliphatic hydroxyl groups excluding tert-OH is 1. The Labute approximate surface area is 228 Å². The monoisotopic (exact) mass is 562 g/mol. The van der Waals surface area contributed by atoms with Gasteiger partial charge in [-0.2, -0.15) is 0 Å². The first-order valence-corrected chi connectivity index (χ1v) is 12.2. The van der Waals surface area contributed by atoms with Crippen molar-refractivity contribution >= 4 is 59.0 Å². The molecule has 0 bridgehead atoms. The molecule has 0 aliphatic carbocycles. The van der Waals surface area contributed by atoms with Crippen LogP contribution in [-0.2, 0) is 38.4 Å². The van der Waals surface area contributed by atoms with E-state index in [1.807, 2.05) is 0 Å². The van der Waals surface area contributed by atoms with E-state index in [2.05, 4.69) is 10.6 Å². The number of fused-ring (bicyclic) bond motifs is 1. The lowest BCUT2D eigenvalue weighted by Gasteiger charge is -2.26. The number of carbonyl (C=O) groups excluding carboxylic acids is 6. The number of anilines is 2. The SMILES string of the molecule is CC(=O)C[C@@H](CCC(=O)O)C(=O)N[C@H]1CN(C(=O)CO)c2ccccc2N(CC(=O)N[C@H](C=O)CC(=O)O)C1=O. The Morgan fingerprint density at radius 3 is 2.25 bits per heavy atom. The van der Waals surface area contributed by atoms with Gasteiger partial charge >= 0.3 is 11.9 Å². The number of ketones is 1. The summed E-state index contributed by atoms with van der Waals surface area (Å²) < 4.78 is 0. The molecule has 0 saturated heterocycles. The summed E-state index contributed by atoms with van der Waals surface area (Å²) in [6.45, 7) is -0.942. The average Bonchev–Trinajstić information content (AvgIpc) is 3.00. The van der Waals surface area contributed by atoms with Gasteiger partial charge in [-0.15, -0.1) is 0 Å². The summed E-state index contributed by atoms with van der Waals surface area (Å²) >= 11 is 0. The van der Waals surface area contributed by atoms with Crippen LogP contribution in [0.15, 0.2) is 24.3 Å². The zero-order valence-electron chi connectivity index (χ0n) is 21.6. The molecule has 4 amide bonds. The van der Waals surface area contributed by atoms with Gasteiger partial charge in [-0.25, -0.2) is 0 Å². The van der Waals surface area contributed by atoms with E-state index in [9.17, 15) is 43.5 Å². The Morgan fingerprint density at radius 2 is 1.70 bits per heavy atom. The minimum absolute atomic E-state index is 0.0493. The summed E-state index contributed by atoms with van der Waals surface area (Å²) in [5.74, 6) is -7.49. The molecule has 1 aliphatic heterocycles. The number of hydrogen-bond donors (Lipinski definition) is 5. The number of aldehydes is 1. The highest BCUT2D eigenvalue weighted by molar-refractivity contribution is 6.10. The molecule has 3 atom stereocenters. The van der Waals surface area contributed by atoms with Crippen molar-refractivity contribution in [1.82, 2.24) is 10.6 Å². The van der Waals surface area contributed by atoms with Crippen molar-refractivity contribution in [3.05, 3.63) is 24.3 Å². The largest absolute Gasteiger partial charge is 0.481 e. The number of aliphatic hydroxyl groups is 1. The first-order chi connectivity index (χ1) is 18.9. The van der Waals surface area contributed by atoms with E-state index < -0.39 is 91.9 Å². The summed E-state index contributed by atoms with van der Waals surface area (Å²) in [6, 6.07) is 3.00. The normalized spacial score (nSPS) is 16.1. The number of amides is 4. The summed E-state index contributed by atoms with van der Waals surface area (Å²) in [6.07, 6.45) is -1.41. The van der Waals surface area contributed by atoms with Crippen molar-refractivity contribution in [3.63, 3.8) is 0 Å². The van der Waals surface area contributed by atoms with Crippen LogP contribution in [0.5, 0.6) is 0 Å². The van der Waals surface area contributed by atoms with Crippen molar-refractivity contribution in [2.75, 3.05) is 29.5 Å². The van der Waals surface area contributed by atoms with Crippen molar-refractivity contribution in [3.8, 4) is 0 Å². The molecule has 0 unspecified atom stereocenters. The molecule has 0 aromatic heterocycles. The molecular weight excluding hydrogens is 532 g/mol. The summed E-state index contributed by atoms with van der Waals surface area (Å²) in [7, 11) is 0. The minimum atomic E-state index is -1.50. The smallest absolute Gasteiger partial charge is 0.305 e. The number of para-hydroxylation sites is 2. The van der Waals surface area contributed by atoms with Crippen LogP contribution < -0.4 is 20.4 Å². The van der Waals surface area contributed by atoms with Crippen LogP contribution in [0, 0.1) is 5.92 Å². The fraction of sp³-hybridized carbons (Fsp3) is 0.440. The van der Waals surface area contributed by atoms with Crippen molar-refractivity contribution in [2.45, 2.75) is 44.7 Å². The Morgan fingerprint density at radius 1 is 1.05 bits per heavy atom. The van der Waals surface area contributed by atoms with Crippen molar-refractivity contribution in [2.24, 2.45) is 5.92 Å². The molecule has 216 valence electrons. The van der Waals surface area contributed by atoms with Gasteiger partial charge in [-0.3, -0.25) is 33.7 Å². The number of carboxylic acids is 2. The summed E-state index contributed by atoms with van der Waals surface area (Å²) in [5, 5.41) is 32.1. The first kappa shape index (κ1) is 31.6. The van der Waals surface area contributed by atoms with Crippen LogP contribution in [0.1, 0.15) is 32.6 Å². The number of hydrogen-bond acceptors (Lipinski definition) is 9. The zero-order valence-corrected chi connectivity index (χ0v) is 21.6. The van der Waals surface area contributed by atoms with Gasteiger partial charge in [0.25, 0.3) is 11.8 Å². The van der Waals surface area contributed by atoms with E-state index in [1.165, 1.54) is 31.2 Å². The molecule has 15 nitrogen and oxygen atoms in total. The fourth-order valence-electron chi connectivity index (χ4n) is 4.16. The maximum atomic E-state index is 13.7. The number of benzene rings is 1. The molecule has 40 heavy (non-hydrogen) atoms. The topological polar surface area (TPSA) is 228 Å². The van der Waals surface area contributed by atoms with Crippen LogP contribution in [-0.4, -0.2) is 94.7 Å². The summed E-state index contributed by atoms with van der Waals surface area (Å²) in [5.41, 5.74) is 0.163. The summed E-state index contributed by atoms with van der Waals surface area (Å²) in [4.78, 5) is 99.1. The second kappa shape index (κ2) is 14.5. The molecule has 1 aromatic rings. The van der Waals surface area contributed by atoms with E-state index >= 15 is 0 Å². The molecule has 0 saturated carbocycles. The van der Waals surface area contributed by atoms with Crippen LogP contribution in [0.4, 0.5) is 11.4 Å². The Kier molecular flexibility index (Phi) is 11.4. The van der Waals surface area contributed by atoms with Crippen molar-refractivity contribution < 1.29 is 53.7 Å². The molecular formula is C25H30N4O11. The second-order valence-electron chi connectivity index (χ2n) is 9.08. The van der Waals surface area contributed by atoms with E-state index in [1.54, 1.807) is 0 Å². The van der Waals surface area contributed by atoms with Gasteiger partial charge in [0.2, 0.25) is 11.8 Å². The highest BCUT2D eigenvalue weighted by Crippen LogP contribution is 2.33. The van der Waals surface area contributed by atoms with Gasteiger partial charge in [0, 0.05) is 18.8 Å². The minimum Gasteiger partial charge on any atom is -0.481 e. The van der Waals surface area contributed by atoms with Crippen LogP contribution in [0.3, 0.4) is 0 Å². The van der Waals surface area contributed by atoms with E-state index in [0.29, 0.717) is 0 Å². The van der Waals surface area contributed by atoms with Gasteiger partial charge in [0.15, 0.2) is 0 Å². The predicted octanol–water partition coefficient (Wildman–Crippen LogP) is -1.54. The number of Topliss-reactive ketones (excluding diaryl/α,β-unsaturated/α-hetero) is 1. The maximum absolute atomic E-state index is 13.7. The highest BCUT2D eigenvalue weighted by Gasteiger charge is 2.38. The van der Waals surface area contributed by atoms with Gasteiger partial charge in [-0.05, 0) is 25.5 Å². The molecule has 0 radical (unpaired) electrons. The number of nitrogens with zero attached hydrogens (tertiary/aromatic N) is 2. The lowest BCUT2D eigenvalue weighted by molar-refractivity contribution is -0.139. The van der Waals surface area contributed by atoms with Crippen molar-refractivity contribution in [1.29, 1.82) is 0 Å². The molecule has 1 aliphatic rings. The van der Waals surface area contributed by atoms with Gasteiger partial charge in [0.05, 0.1) is 30.4 Å². The predicted molar refractivity (Wildman–Crippen MR) is 136 cm³/mol. The van der Waals surface area contributed by atoms with Gasteiger partial charge in [-0.1, -0.05) is 12.1 Å². The van der Waals surface area contributed by atoms with E-state index in [0.717, 1.165) is 9.80 Å². The zero-order chi connectivity index (χ0) is 30.0. The highest BCUT2D eigenvalue weighted by atomic mass is 16.4. The molecule has 1 aromatic carbocycles. The van der Waals surface area contributed by atoms with Gasteiger partial charge in [0.1, 0.15) is 31.3 Å². The van der Waals surface area contributed by atoms with Gasteiger partial charge < -0.3 is 40.4 Å². The number of nitrogens with one attached hydrogen (secondary N) is 2. The maximum Gasteiger partial charge on any atom is 0.305 e.